The summed E-state index contributed by atoms with van der Waals surface area (Å²) >= 11 is 0. The van der Waals surface area contributed by atoms with E-state index in [-0.39, 0.29) is 17.9 Å². The summed E-state index contributed by atoms with van der Waals surface area (Å²) in [5.74, 6) is -1.91. The van der Waals surface area contributed by atoms with Gasteiger partial charge in [0.15, 0.2) is 0 Å². The zero-order valence-electron chi connectivity index (χ0n) is 9.76. The van der Waals surface area contributed by atoms with E-state index in [0.29, 0.717) is 6.42 Å². The quantitative estimate of drug-likeness (QED) is 0.478. The van der Waals surface area contributed by atoms with E-state index >= 15 is 0 Å². The lowest BCUT2D eigenvalue weighted by atomic mass is 10.1. The maximum absolute atomic E-state index is 10.2. The highest BCUT2D eigenvalue weighted by Crippen LogP contribution is 2.07. The lowest BCUT2D eigenvalue weighted by Gasteiger charge is -2.02. The third-order valence-corrected chi connectivity index (χ3v) is 2.21. The van der Waals surface area contributed by atoms with Crippen molar-refractivity contribution in [2.24, 2.45) is 5.73 Å². The number of hydroxylamine groups is 2. The Bertz CT molecular complexity index is 276. The highest BCUT2D eigenvalue weighted by Gasteiger charge is 2.26. The SMILES string of the molecule is CCCCC(N)C(=O)O.O=C1CCC(=O)N1O. The lowest BCUT2D eigenvalue weighted by molar-refractivity contribution is -0.171. The van der Waals surface area contributed by atoms with Gasteiger partial charge in [-0.25, -0.2) is 0 Å². The molecule has 1 fully saturated rings. The van der Waals surface area contributed by atoms with Crippen molar-refractivity contribution < 1.29 is 24.7 Å². The Hall–Kier alpha value is -1.47. The van der Waals surface area contributed by atoms with E-state index in [4.69, 9.17) is 16.0 Å². The van der Waals surface area contributed by atoms with Crippen LogP contribution >= 0.6 is 0 Å². The van der Waals surface area contributed by atoms with Gasteiger partial charge in [0.1, 0.15) is 6.04 Å². The van der Waals surface area contributed by atoms with Crippen molar-refractivity contribution in [2.45, 2.75) is 45.1 Å². The average Bonchev–Trinajstić information content (AvgIpc) is 2.58. The van der Waals surface area contributed by atoms with Gasteiger partial charge in [0, 0.05) is 12.8 Å². The fourth-order valence-electron chi connectivity index (χ4n) is 1.11. The molecule has 98 valence electrons. The molecule has 0 aromatic carbocycles. The molecule has 7 nitrogen and oxygen atoms in total. The Morgan fingerprint density at radius 3 is 2.12 bits per heavy atom. The van der Waals surface area contributed by atoms with Crippen molar-refractivity contribution in [3.05, 3.63) is 0 Å². The molecular formula is C10H18N2O5. The average molecular weight is 246 g/mol. The first-order chi connectivity index (χ1) is 7.90. The second kappa shape index (κ2) is 7.75. The fraction of sp³-hybridized carbons (Fsp3) is 0.700. The van der Waals surface area contributed by atoms with Crippen LogP contribution in [0.2, 0.25) is 0 Å². The van der Waals surface area contributed by atoms with Gasteiger partial charge in [-0.3, -0.25) is 19.6 Å². The first-order valence-electron chi connectivity index (χ1n) is 5.43. The number of hydrogen-bond donors (Lipinski definition) is 3. The molecule has 0 saturated carbocycles. The van der Waals surface area contributed by atoms with E-state index in [1.807, 2.05) is 6.92 Å². The number of carbonyl (C=O) groups excluding carboxylic acids is 2. The number of nitrogens with zero attached hydrogens (tertiary/aromatic N) is 1. The van der Waals surface area contributed by atoms with Gasteiger partial charge in [-0.05, 0) is 6.42 Å². The molecule has 1 rings (SSSR count). The van der Waals surface area contributed by atoms with Crippen molar-refractivity contribution in [1.82, 2.24) is 5.06 Å². The van der Waals surface area contributed by atoms with Crippen molar-refractivity contribution in [3.63, 3.8) is 0 Å². The molecular weight excluding hydrogens is 228 g/mol. The van der Waals surface area contributed by atoms with E-state index in [0.717, 1.165) is 12.8 Å². The van der Waals surface area contributed by atoms with Gasteiger partial charge in [0.2, 0.25) is 0 Å². The van der Waals surface area contributed by atoms with Gasteiger partial charge in [0.25, 0.3) is 11.8 Å². The molecule has 1 atom stereocenters. The minimum atomic E-state index is -0.900. The smallest absolute Gasteiger partial charge is 0.320 e. The molecule has 0 bridgehead atoms. The van der Waals surface area contributed by atoms with Crippen LogP contribution in [0.4, 0.5) is 0 Å². The summed E-state index contributed by atoms with van der Waals surface area (Å²) in [5, 5.41) is 16.9. The molecule has 0 aliphatic carbocycles. The van der Waals surface area contributed by atoms with Crippen molar-refractivity contribution in [3.8, 4) is 0 Å². The predicted molar refractivity (Wildman–Crippen MR) is 58.0 cm³/mol. The second-order valence-corrected chi connectivity index (χ2v) is 3.69. The number of carbonyl (C=O) groups is 3. The number of nitrogens with two attached hydrogens (primary N) is 1. The van der Waals surface area contributed by atoms with Crippen LogP contribution in [0.25, 0.3) is 0 Å². The van der Waals surface area contributed by atoms with Crippen LogP contribution in [0.5, 0.6) is 0 Å². The Balaban J connectivity index is 0.000000302. The van der Waals surface area contributed by atoms with Crippen LogP contribution in [0.3, 0.4) is 0 Å². The van der Waals surface area contributed by atoms with Crippen LogP contribution in [-0.4, -0.2) is 39.2 Å². The van der Waals surface area contributed by atoms with Gasteiger partial charge in [-0.1, -0.05) is 19.8 Å². The summed E-state index contributed by atoms with van der Waals surface area (Å²) < 4.78 is 0. The van der Waals surface area contributed by atoms with Gasteiger partial charge < -0.3 is 10.8 Å². The van der Waals surface area contributed by atoms with Crippen LogP contribution in [0.15, 0.2) is 0 Å². The van der Waals surface area contributed by atoms with Gasteiger partial charge in [0.05, 0.1) is 0 Å². The molecule has 2 amide bonds. The predicted octanol–water partition coefficient (Wildman–Crippen LogP) is 0.113. The normalized spacial score (nSPS) is 16.5. The summed E-state index contributed by atoms with van der Waals surface area (Å²) in [6.45, 7) is 2.01. The van der Waals surface area contributed by atoms with Gasteiger partial charge in [-0.15, -0.1) is 0 Å². The molecule has 17 heavy (non-hydrogen) atoms. The van der Waals surface area contributed by atoms with E-state index in [2.05, 4.69) is 0 Å². The number of amides is 2. The summed E-state index contributed by atoms with van der Waals surface area (Å²) in [6.07, 6.45) is 2.78. The molecule has 1 heterocycles. The molecule has 1 aliphatic heterocycles. The summed E-state index contributed by atoms with van der Waals surface area (Å²) in [5.41, 5.74) is 5.20. The second-order valence-electron chi connectivity index (χ2n) is 3.69. The Labute approximate surface area is 99.2 Å². The number of carboxylic acid groups (broad SMARTS) is 1. The number of unbranched alkanes of at least 4 members (excludes halogenated alkanes) is 1. The third-order valence-electron chi connectivity index (χ3n) is 2.21. The highest BCUT2D eigenvalue weighted by molar-refractivity contribution is 6.00. The molecule has 1 saturated heterocycles. The van der Waals surface area contributed by atoms with Crippen molar-refractivity contribution in [1.29, 1.82) is 0 Å². The first kappa shape index (κ1) is 15.5. The Morgan fingerprint density at radius 1 is 1.41 bits per heavy atom. The van der Waals surface area contributed by atoms with Crippen LogP contribution < -0.4 is 5.73 Å². The summed E-state index contributed by atoms with van der Waals surface area (Å²) in [7, 11) is 0. The van der Waals surface area contributed by atoms with Crippen LogP contribution in [-0.2, 0) is 14.4 Å². The molecule has 1 unspecified atom stereocenters. The minimum absolute atomic E-state index is 0.148. The monoisotopic (exact) mass is 246 g/mol. The molecule has 0 radical (unpaired) electrons. The zero-order valence-corrected chi connectivity index (χ0v) is 9.76. The van der Waals surface area contributed by atoms with Gasteiger partial charge in [-0.2, -0.15) is 5.06 Å². The minimum Gasteiger partial charge on any atom is -0.480 e. The number of carboxylic acids is 1. The van der Waals surface area contributed by atoms with Crippen LogP contribution in [0.1, 0.15) is 39.0 Å². The summed E-state index contributed by atoms with van der Waals surface area (Å²) in [4.78, 5) is 30.6. The first-order valence-corrected chi connectivity index (χ1v) is 5.43. The van der Waals surface area contributed by atoms with Crippen molar-refractivity contribution in [2.75, 3.05) is 0 Å². The Morgan fingerprint density at radius 2 is 1.88 bits per heavy atom. The number of hydrogen-bond acceptors (Lipinski definition) is 5. The molecule has 1 aliphatic rings. The number of aliphatic carboxylic acids is 1. The van der Waals surface area contributed by atoms with E-state index in [9.17, 15) is 14.4 Å². The third kappa shape index (κ3) is 5.98. The van der Waals surface area contributed by atoms with Gasteiger partial charge >= 0.3 is 5.97 Å². The van der Waals surface area contributed by atoms with E-state index < -0.39 is 23.8 Å². The highest BCUT2D eigenvalue weighted by atomic mass is 16.5. The molecule has 0 aromatic rings. The topological polar surface area (TPSA) is 121 Å². The maximum atomic E-state index is 10.2. The number of imide groups is 1. The standard InChI is InChI=1S/C6H13NO2.C4H5NO3/c1-2-3-4-5(7)6(8)9;6-3-1-2-4(7)5(3)8/h5H,2-4,7H2,1H3,(H,8,9);8H,1-2H2. The fourth-order valence-corrected chi connectivity index (χ4v) is 1.11. The van der Waals surface area contributed by atoms with Crippen molar-refractivity contribution >= 4 is 17.8 Å². The number of rotatable bonds is 4. The zero-order chi connectivity index (χ0) is 13.4. The molecule has 7 heteroatoms. The Kier molecular flexibility index (Phi) is 7.08. The molecule has 0 spiro atoms. The summed E-state index contributed by atoms with van der Waals surface area (Å²) in [6, 6.07) is -0.662. The van der Waals surface area contributed by atoms with Crippen LogP contribution in [0, 0.1) is 0 Å². The lowest BCUT2D eigenvalue weighted by Crippen LogP contribution is -2.29. The molecule has 4 N–H and O–H groups in total. The largest absolute Gasteiger partial charge is 0.480 e. The maximum Gasteiger partial charge on any atom is 0.320 e. The van der Waals surface area contributed by atoms with E-state index in [1.54, 1.807) is 0 Å². The molecule has 0 aromatic heterocycles. The van der Waals surface area contributed by atoms with E-state index in [1.165, 1.54) is 0 Å².